The predicted octanol–water partition coefficient (Wildman–Crippen LogP) is 2.19. The van der Waals surface area contributed by atoms with Crippen molar-refractivity contribution in [2.75, 3.05) is 26.3 Å². The van der Waals surface area contributed by atoms with Crippen molar-refractivity contribution in [1.82, 2.24) is 5.32 Å². The molecule has 96 valence electrons. The predicted molar refractivity (Wildman–Crippen MR) is 70.3 cm³/mol. The number of thiophene rings is 1. The number of rotatable bonds is 5. The zero-order valence-electron chi connectivity index (χ0n) is 10.3. The molecule has 1 atom stereocenters. The van der Waals surface area contributed by atoms with Gasteiger partial charge in [-0.3, -0.25) is 0 Å². The van der Waals surface area contributed by atoms with Crippen molar-refractivity contribution in [1.29, 1.82) is 0 Å². The third-order valence-corrected chi connectivity index (χ3v) is 4.43. The quantitative estimate of drug-likeness (QED) is 0.847. The molecule has 1 fully saturated rings. The first-order chi connectivity index (χ1) is 8.20. The molecule has 0 spiro atoms. The normalized spacial score (nSPS) is 21.3. The Morgan fingerprint density at radius 1 is 1.53 bits per heavy atom. The van der Waals surface area contributed by atoms with Gasteiger partial charge in [-0.25, -0.2) is 0 Å². The van der Waals surface area contributed by atoms with Gasteiger partial charge in [0, 0.05) is 31.2 Å². The van der Waals surface area contributed by atoms with E-state index in [0.29, 0.717) is 12.0 Å². The van der Waals surface area contributed by atoms with Crippen molar-refractivity contribution in [3.63, 3.8) is 0 Å². The molecule has 1 aliphatic rings. The molecule has 1 aromatic heterocycles. The van der Waals surface area contributed by atoms with Gasteiger partial charge in [-0.1, -0.05) is 13.0 Å². The number of aliphatic hydroxyl groups is 1. The molecule has 2 N–H and O–H groups in total. The molecule has 2 heterocycles. The summed E-state index contributed by atoms with van der Waals surface area (Å²) in [6.45, 7) is 5.62. The van der Waals surface area contributed by atoms with E-state index in [1.807, 2.05) is 17.5 Å². The molecule has 1 unspecified atom stereocenters. The maximum atomic E-state index is 9.95. The van der Waals surface area contributed by atoms with Gasteiger partial charge >= 0.3 is 0 Å². The van der Waals surface area contributed by atoms with Crippen LogP contribution in [0, 0.1) is 5.41 Å². The van der Waals surface area contributed by atoms with Gasteiger partial charge in [0.25, 0.3) is 0 Å². The topological polar surface area (TPSA) is 41.5 Å². The monoisotopic (exact) mass is 255 g/mol. The molecular weight excluding hydrogens is 234 g/mol. The van der Waals surface area contributed by atoms with E-state index in [9.17, 15) is 5.11 Å². The van der Waals surface area contributed by atoms with Crippen molar-refractivity contribution < 1.29 is 9.84 Å². The Hall–Kier alpha value is -0.420. The second-order valence-electron chi connectivity index (χ2n) is 5.09. The van der Waals surface area contributed by atoms with Gasteiger partial charge in [0.05, 0.1) is 0 Å². The molecule has 1 saturated heterocycles. The van der Waals surface area contributed by atoms with E-state index in [4.69, 9.17) is 4.74 Å². The standard InChI is InChI=1S/C13H21NO2S/c1-13(4-6-16-7-5-13)10-14-9-11(15)12-3-2-8-17-12/h2-3,8,11,14-15H,4-7,9-10H2,1H3. The fourth-order valence-electron chi connectivity index (χ4n) is 2.13. The van der Waals surface area contributed by atoms with Gasteiger partial charge < -0.3 is 15.2 Å². The van der Waals surface area contributed by atoms with Crippen LogP contribution in [0.4, 0.5) is 0 Å². The number of aliphatic hydroxyl groups excluding tert-OH is 1. The van der Waals surface area contributed by atoms with Crippen LogP contribution >= 0.6 is 11.3 Å². The Kier molecular flexibility index (Phi) is 4.56. The fourth-order valence-corrected chi connectivity index (χ4v) is 2.84. The first kappa shape index (κ1) is 13.0. The van der Waals surface area contributed by atoms with E-state index < -0.39 is 0 Å². The third-order valence-electron chi connectivity index (χ3n) is 3.46. The SMILES string of the molecule is CC1(CNCC(O)c2cccs2)CCOCC1. The van der Waals surface area contributed by atoms with Crippen LogP contribution in [0.1, 0.15) is 30.7 Å². The van der Waals surface area contributed by atoms with E-state index >= 15 is 0 Å². The average molecular weight is 255 g/mol. The Morgan fingerprint density at radius 2 is 2.29 bits per heavy atom. The Labute approximate surface area is 107 Å². The summed E-state index contributed by atoms with van der Waals surface area (Å²) in [7, 11) is 0. The van der Waals surface area contributed by atoms with Crippen molar-refractivity contribution in [3.05, 3.63) is 22.4 Å². The van der Waals surface area contributed by atoms with E-state index in [1.165, 1.54) is 0 Å². The van der Waals surface area contributed by atoms with E-state index in [2.05, 4.69) is 12.2 Å². The summed E-state index contributed by atoms with van der Waals surface area (Å²) in [5.41, 5.74) is 0.327. The maximum absolute atomic E-state index is 9.95. The van der Waals surface area contributed by atoms with Gasteiger partial charge in [-0.2, -0.15) is 0 Å². The molecule has 2 rings (SSSR count). The van der Waals surface area contributed by atoms with Crippen molar-refractivity contribution >= 4 is 11.3 Å². The van der Waals surface area contributed by atoms with Crippen LogP contribution in [0.3, 0.4) is 0 Å². The largest absolute Gasteiger partial charge is 0.386 e. The molecule has 0 aromatic carbocycles. The highest BCUT2D eigenvalue weighted by Gasteiger charge is 2.26. The lowest BCUT2D eigenvalue weighted by Crippen LogP contribution is -2.38. The number of hydrogen-bond acceptors (Lipinski definition) is 4. The van der Waals surface area contributed by atoms with Crippen LogP contribution in [0.15, 0.2) is 17.5 Å². The van der Waals surface area contributed by atoms with Crippen LogP contribution in [0.25, 0.3) is 0 Å². The lowest BCUT2D eigenvalue weighted by molar-refractivity contribution is 0.0227. The maximum Gasteiger partial charge on any atom is 0.101 e. The summed E-state index contributed by atoms with van der Waals surface area (Å²) >= 11 is 1.61. The van der Waals surface area contributed by atoms with Crippen molar-refractivity contribution in [2.45, 2.75) is 25.9 Å². The highest BCUT2D eigenvalue weighted by Crippen LogP contribution is 2.28. The zero-order chi connectivity index (χ0) is 12.1. The average Bonchev–Trinajstić information content (AvgIpc) is 2.83. The second-order valence-corrected chi connectivity index (χ2v) is 6.06. The van der Waals surface area contributed by atoms with Gasteiger partial charge in [-0.05, 0) is 29.7 Å². The lowest BCUT2D eigenvalue weighted by atomic mass is 9.82. The van der Waals surface area contributed by atoms with Crippen molar-refractivity contribution in [3.8, 4) is 0 Å². The summed E-state index contributed by atoms with van der Waals surface area (Å²) in [6.07, 6.45) is 1.84. The van der Waals surface area contributed by atoms with E-state index in [1.54, 1.807) is 11.3 Å². The molecule has 1 aliphatic heterocycles. The summed E-state index contributed by atoms with van der Waals surface area (Å²) in [6, 6.07) is 3.95. The molecular formula is C13H21NO2S. The number of hydrogen-bond donors (Lipinski definition) is 2. The molecule has 0 aliphatic carbocycles. The smallest absolute Gasteiger partial charge is 0.101 e. The van der Waals surface area contributed by atoms with E-state index in [-0.39, 0.29) is 6.10 Å². The summed E-state index contributed by atoms with van der Waals surface area (Å²) in [5, 5.41) is 15.3. The van der Waals surface area contributed by atoms with Crippen molar-refractivity contribution in [2.24, 2.45) is 5.41 Å². The lowest BCUT2D eigenvalue weighted by Gasteiger charge is -2.34. The fraction of sp³-hybridized carbons (Fsp3) is 0.692. The first-order valence-corrected chi connectivity index (χ1v) is 7.08. The summed E-state index contributed by atoms with van der Waals surface area (Å²) < 4.78 is 5.38. The Bertz CT molecular complexity index is 320. The molecule has 0 saturated carbocycles. The van der Waals surface area contributed by atoms with Gasteiger partial charge in [-0.15, -0.1) is 11.3 Å². The van der Waals surface area contributed by atoms with Crippen LogP contribution in [0.2, 0.25) is 0 Å². The van der Waals surface area contributed by atoms with Crippen LogP contribution in [-0.4, -0.2) is 31.4 Å². The van der Waals surface area contributed by atoms with Crippen LogP contribution in [-0.2, 0) is 4.74 Å². The molecule has 4 heteroatoms. The molecule has 0 bridgehead atoms. The number of nitrogens with one attached hydrogen (secondary N) is 1. The first-order valence-electron chi connectivity index (χ1n) is 6.20. The van der Waals surface area contributed by atoms with Gasteiger partial charge in [0.15, 0.2) is 0 Å². The van der Waals surface area contributed by atoms with E-state index in [0.717, 1.165) is 37.5 Å². The van der Waals surface area contributed by atoms with Crippen LogP contribution in [0.5, 0.6) is 0 Å². The third kappa shape index (κ3) is 3.78. The molecule has 1 aromatic rings. The molecule has 3 nitrogen and oxygen atoms in total. The molecule has 0 radical (unpaired) electrons. The summed E-state index contributed by atoms with van der Waals surface area (Å²) in [5.74, 6) is 0. The van der Waals surface area contributed by atoms with Gasteiger partial charge in [0.2, 0.25) is 0 Å². The summed E-state index contributed by atoms with van der Waals surface area (Å²) in [4.78, 5) is 1.04. The highest BCUT2D eigenvalue weighted by atomic mass is 32.1. The minimum atomic E-state index is -0.376. The minimum Gasteiger partial charge on any atom is -0.386 e. The zero-order valence-corrected chi connectivity index (χ0v) is 11.1. The number of ether oxygens (including phenoxy) is 1. The minimum absolute atomic E-state index is 0.327. The Morgan fingerprint density at radius 3 is 2.94 bits per heavy atom. The highest BCUT2D eigenvalue weighted by molar-refractivity contribution is 7.10. The Balaban J connectivity index is 1.72. The van der Waals surface area contributed by atoms with Gasteiger partial charge in [0.1, 0.15) is 6.10 Å². The molecule has 0 amide bonds. The molecule has 17 heavy (non-hydrogen) atoms. The second kappa shape index (κ2) is 5.96. The van der Waals surface area contributed by atoms with Crippen LogP contribution < -0.4 is 5.32 Å².